The number of nitro benzene ring substituents is 1. The maximum atomic E-state index is 12.5. The van der Waals surface area contributed by atoms with Gasteiger partial charge in [0.15, 0.2) is 6.29 Å². The first-order valence-electron chi connectivity index (χ1n) is 14.2. The van der Waals surface area contributed by atoms with Crippen molar-refractivity contribution < 1.29 is 28.7 Å². The molecule has 3 aromatic rings. The van der Waals surface area contributed by atoms with Crippen LogP contribution in [-0.2, 0) is 32.0 Å². The summed E-state index contributed by atoms with van der Waals surface area (Å²) in [6.45, 7) is 1.51. The number of nitrogens with zero attached hydrogens (tertiary/aromatic N) is 2. The molecule has 0 fully saturated rings. The van der Waals surface area contributed by atoms with E-state index in [0.717, 1.165) is 22.4 Å². The van der Waals surface area contributed by atoms with Crippen LogP contribution in [0.25, 0.3) is 12.2 Å². The average Bonchev–Trinajstić information content (AvgIpc) is 3.04. The van der Waals surface area contributed by atoms with Crippen LogP contribution in [0.3, 0.4) is 0 Å². The third-order valence-electron chi connectivity index (χ3n) is 6.81. The Labute approximate surface area is 268 Å². The summed E-state index contributed by atoms with van der Waals surface area (Å²) in [4.78, 5) is 25.7. The van der Waals surface area contributed by atoms with Crippen LogP contribution >= 0.6 is 23.2 Å². The second-order valence-electron chi connectivity index (χ2n) is 9.81. The van der Waals surface area contributed by atoms with Gasteiger partial charge in [0, 0.05) is 57.2 Å². The van der Waals surface area contributed by atoms with Crippen LogP contribution in [0, 0.1) is 10.1 Å². The van der Waals surface area contributed by atoms with E-state index >= 15 is 0 Å². The number of nitro groups is 1. The first kappa shape index (κ1) is 34.9. The fraction of sp³-hybridized carbons (Fsp3) is 0.364. The fourth-order valence-electron chi connectivity index (χ4n) is 4.38. The molecular formula is C33H38Cl2N2O7. The van der Waals surface area contributed by atoms with E-state index in [9.17, 15) is 14.9 Å². The van der Waals surface area contributed by atoms with E-state index in [1.54, 1.807) is 26.4 Å². The lowest BCUT2D eigenvalue weighted by molar-refractivity contribution is -0.385. The Balaban J connectivity index is 1.52. The maximum absolute atomic E-state index is 12.5. The Morgan fingerprint density at radius 3 is 2.18 bits per heavy atom. The predicted molar refractivity (Wildman–Crippen MR) is 175 cm³/mol. The maximum Gasteiger partial charge on any atom is 0.306 e. The molecule has 11 heteroatoms. The normalized spacial score (nSPS) is 11.2. The number of halogens is 2. The summed E-state index contributed by atoms with van der Waals surface area (Å²) in [6.07, 6.45) is 4.78. The van der Waals surface area contributed by atoms with Crippen molar-refractivity contribution in [2.24, 2.45) is 0 Å². The minimum atomic E-state index is -0.474. The second-order valence-corrected chi connectivity index (χ2v) is 10.6. The summed E-state index contributed by atoms with van der Waals surface area (Å²) in [5.74, 6) is 1.30. The van der Waals surface area contributed by atoms with E-state index < -0.39 is 17.2 Å². The number of methoxy groups -OCH3 is 2. The van der Waals surface area contributed by atoms with Crippen LogP contribution in [-0.4, -0.2) is 62.9 Å². The zero-order valence-electron chi connectivity index (χ0n) is 25.0. The summed E-state index contributed by atoms with van der Waals surface area (Å²) < 4.78 is 21.3. The molecule has 3 aromatic carbocycles. The van der Waals surface area contributed by atoms with Crippen molar-refractivity contribution in [3.8, 4) is 5.75 Å². The van der Waals surface area contributed by atoms with Gasteiger partial charge in [-0.05, 0) is 65.9 Å². The van der Waals surface area contributed by atoms with E-state index in [4.69, 9.17) is 42.1 Å². The van der Waals surface area contributed by atoms with Gasteiger partial charge in [-0.3, -0.25) is 14.9 Å². The molecule has 0 bridgehead atoms. The zero-order chi connectivity index (χ0) is 31.7. The van der Waals surface area contributed by atoms with Crippen LogP contribution in [0.1, 0.15) is 35.1 Å². The molecule has 0 spiro atoms. The van der Waals surface area contributed by atoms with Crippen molar-refractivity contribution >= 4 is 52.7 Å². The van der Waals surface area contributed by atoms with Gasteiger partial charge in [0.2, 0.25) is 0 Å². The standard InChI is InChI=1S/C33H38Cl2N2O7/c1-41-33(42-2)24-43-30-15-10-26(11-16-30)6-7-27-12-17-31(37(39)40)28(22-27)23-44-32(38)5-3-4-25-8-13-29(14-9-25)36(20-18-34)21-19-35/h6-17,22,33H,3-5,18-21,23-24H2,1-2H3/b7-6+. The largest absolute Gasteiger partial charge is 0.488 e. The van der Waals surface area contributed by atoms with Gasteiger partial charge in [0.05, 0.1) is 10.5 Å². The minimum Gasteiger partial charge on any atom is -0.488 e. The smallest absolute Gasteiger partial charge is 0.306 e. The quantitative estimate of drug-likeness (QED) is 0.0340. The Morgan fingerprint density at radius 2 is 1.57 bits per heavy atom. The third kappa shape index (κ3) is 11.5. The molecule has 9 nitrogen and oxygen atoms in total. The van der Waals surface area contributed by atoms with Gasteiger partial charge in [0.1, 0.15) is 19.0 Å². The van der Waals surface area contributed by atoms with Gasteiger partial charge in [-0.2, -0.15) is 0 Å². The van der Waals surface area contributed by atoms with Crippen LogP contribution in [0.15, 0.2) is 66.7 Å². The van der Waals surface area contributed by atoms with E-state index in [2.05, 4.69) is 4.90 Å². The van der Waals surface area contributed by atoms with Crippen molar-refractivity contribution in [1.82, 2.24) is 0 Å². The van der Waals surface area contributed by atoms with Crippen molar-refractivity contribution in [2.45, 2.75) is 32.2 Å². The predicted octanol–water partition coefficient (Wildman–Crippen LogP) is 7.11. The van der Waals surface area contributed by atoms with Crippen molar-refractivity contribution in [1.29, 1.82) is 0 Å². The number of ether oxygens (including phenoxy) is 4. The molecule has 0 saturated heterocycles. The highest BCUT2D eigenvalue weighted by Crippen LogP contribution is 2.23. The number of carbonyl (C=O) groups is 1. The molecule has 0 aliphatic carbocycles. The Bertz CT molecular complexity index is 1340. The van der Waals surface area contributed by atoms with Crippen molar-refractivity contribution in [3.63, 3.8) is 0 Å². The molecule has 0 amide bonds. The van der Waals surface area contributed by atoms with E-state index in [1.807, 2.05) is 60.7 Å². The first-order valence-corrected chi connectivity index (χ1v) is 15.3. The number of hydrogen-bond acceptors (Lipinski definition) is 8. The number of anilines is 1. The van der Waals surface area contributed by atoms with Gasteiger partial charge < -0.3 is 23.8 Å². The van der Waals surface area contributed by atoms with Gasteiger partial charge in [-0.1, -0.05) is 36.4 Å². The highest BCUT2D eigenvalue weighted by Gasteiger charge is 2.16. The van der Waals surface area contributed by atoms with Gasteiger partial charge in [0.25, 0.3) is 5.69 Å². The molecule has 0 unspecified atom stereocenters. The topological polar surface area (TPSA) is 100 Å². The molecule has 236 valence electrons. The van der Waals surface area contributed by atoms with Crippen molar-refractivity contribution in [3.05, 3.63) is 99.1 Å². The summed E-state index contributed by atoms with van der Waals surface area (Å²) in [6, 6.07) is 20.3. The molecule has 0 atom stereocenters. The van der Waals surface area contributed by atoms with Crippen molar-refractivity contribution in [2.75, 3.05) is 50.6 Å². The molecule has 0 N–H and O–H groups in total. The van der Waals surface area contributed by atoms with Crippen LogP contribution in [0.5, 0.6) is 5.75 Å². The van der Waals surface area contributed by atoms with Gasteiger partial charge in [-0.25, -0.2) is 0 Å². The number of rotatable bonds is 19. The highest BCUT2D eigenvalue weighted by molar-refractivity contribution is 6.18. The number of hydrogen-bond donors (Lipinski definition) is 0. The molecule has 3 rings (SSSR count). The van der Waals surface area contributed by atoms with E-state index in [-0.39, 0.29) is 25.3 Å². The number of carbonyl (C=O) groups excluding carboxylic acids is 1. The summed E-state index contributed by atoms with van der Waals surface area (Å²) in [5.41, 5.74) is 4.03. The fourth-order valence-corrected chi connectivity index (χ4v) is 4.79. The van der Waals surface area contributed by atoms with Crippen LogP contribution in [0.4, 0.5) is 11.4 Å². The molecule has 44 heavy (non-hydrogen) atoms. The average molecular weight is 646 g/mol. The van der Waals surface area contributed by atoms with E-state index in [1.165, 1.54) is 6.07 Å². The molecule has 0 heterocycles. The lowest BCUT2D eigenvalue weighted by Gasteiger charge is -2.23. The van der Waals surface area contributed by atoms with Gasteiger partial charge in [-0.15, -0.1) is 23.2 Å². The second kappa shape index (κ2) is 18.9. The Kier molecular flexibility index (Phi) is 15.0. The SMILES string of the molecule is COC(COc1ccc(/C=C/c2ccc([N+](=O)[O-])c(COC(=O)CCCc3ccc(N(CCCl)CCCl)cc3)c2)cc1)OC. The minimum absolute atomic E-state index is 0.0978. The lowest BCUT2D eigenvalue weighted by atomic mass is 10.1. The summed E-state index contributed by atoms with van der Waals surface area (Å²) >= 11 is 11.8. The molecule has 0 aliphatic heterocycles. The summed E-state index contributed by atoms with van der Waals surface area (Å²) in [5, 5.41) is 11.6. The number of aryl methyl sites for hydroxylation is 1. The third-order valence-corrected chi connectivity index (χ3v) is 7.14. The van der Waals surface area contributed by atoms with E-state index in [0.29, 0.717) is 49.0 Å². The number of benzene rings is 3. The zero-order valence-corrected chi connectivity index (χ0v) is 26.5. The molecule has 0 aromatic heterocycles. The monoisotopic (exact) mass is 644 g/mol. The Morgan fingerprint density at radius 1 is 0.932 bits per heavy atom. The van der Waals surface area contributed by atoms with Gasteiger partial charge >= 0.3 is 5.97 Å². The Hall–Kier alpha value is -3.63. The highest BCUT2D eigenvalue weighted by atomic mass is 35.5. The summed E-state index contributed by atoms with van der Waals surface area (Å²) in [7, 11) is 3.09. The van der Waals surface area contributed by atoms with Crippen LogP contribution in [0.2, 0.25) is 0 Å². The molecule has 0 aliphatic rings. The number of alkyl halides is 2. The molecule has 0 saturated carbocycles. The first-order chi connectivity index (χ1) is 21.4. The molecular weight excluding hydrogens is 607 g/mol. The molecule has 0 radical (unpaired) electrons. The van der Waals surface area contributed by atoms with Crippen LogP contribution < -0.4 is 9.64 Å². The number of esters is 1. The lowest BCUT2D eigenvalue weighted by Crippen LogP contribution is -2.27.